The third-order valence-corrected chi connectivity index (χ3v) is 2.93. The Kier molecular flexibility index (Phi) is 3.64. The van der Waals surface area contributed by atoms with Crippen LogP contribution in [0.5, 0.6) is 5.75 Å². The summed E-state index contributed by atoms with van der Waals surface area (Å²) in [5.74, 6) is 0.617. The fourth-order valence-corrected chi connectivity index (χ4v) is 2.10. The molecule has 0 saturated heterocycles. The van der Waals surface area contributed by atoms with Gasteiger partial charge in [0.1, 0.15) is 11.8 Å². The second-order valence-electron chi connectivity index (χ2n) is 3.95. The Hall–Kier alpha value is -1.55. The van der Waals surface area contributed by atoms with Crippen LogP contribution < -0.4 is 10.1 Å². The van der Waals surface area contributed by atoms with Crippen LogP contribution >= 0.6 is 0 Å². The summed E-state index contributed by atoms with van der Waals surface area (Å²) in [5, 5.41) is 3.18. The van der Waals surface area contributed by atoms with Gasteiger partial charge in [-0.3, -0.25) is 0 Å². The third-order valence-electron chi connectivity index (χ3n) is 2.93. The van der Waals surface area contributed by atoms with Gasteiger partial charge in [-0.2, -0.15) is 0 Å². The topological polar surface area (TPSA) is 47.6 Å². The molecule has 0 aromatic heterocycles. The van der Waals surface area contributed by atoms with E-state index in [0.717, 1.165) is 29.8 Å². The minimum atomic E-state index is -0.343. The highest BCUT2D eigenvalue weighted by Gasteiger charge is 2.27. The number of benzene rings is 1. The predicted octanol–water partition coefficient (Wildman–Crippen LogP) is 1.45. The molecule has 4 nitrogen and oxygen atoms in total. The number of esters is 1. The van der Waals surface area contributed by atoms with E-state index in [1.807, 2.05) is 25.1 Å². The molecule has 1 heterocycles. The van der Waals surface area contributed by atoms with E-state index in [2.05, 4.69) is 5.32 Å². The maximum atomic E-state index is 11.8. The normalized spacial score (nSPS) is 18.4. The van der Waals surface area contributed by atoms with Crippen LogP contribution in [0.15, 0.2) is 18.2 Å². The molecule has 0 amide bonds. The molecule has 4 heteroatoms. The predicted molar refractivity (Wildman–Crippen MR) is 64.1 cm³/mol. The van der Waals surface area contributed by atoms with Crippen molar-refractivity contribution in [1.29, 1.82) is 0 Å². The van der Waals surface area contributed by atoms with Gasteiger partial charge >= 0.3 is 5.97 Å². The van der Waals surface area contributed by atoms with Crippen LogP contribution in [0.3, 0.4) is 0 Å². The van der Waals surface area contributed by atoms with Crippen molar-refractivity contribution < 1.29 is 14.3 Å². The van der Waals surface area contributed by atoms with Gasteiger partial charge in [-0.05, 0) is 36.6 Å². The molecule has 0 saturated carbocycles. The number of hydrogen-bond acceptors (Lipinski definition) is 4. The molecule has 17 heavy (non-hydrogen) atoms. The summed E-state index contributed by atoms with van der Waals surface area (Å²) in [4.78, 5) is 11.8. The van der Waals surface area contributed by atoms with Crippen LogP contribution in [-0.2, 0) is 16.0 Å². The molecule has 1 aliphatic heterocycles. The molecular formula is C13H17NO3. The second-order valence-corrected chi connectivity index (χ2v) is 3.95. The van der Waals surface area contributed by atoms with E-state index >= 15 is 0 Å². The first-order valence-corrected chi connectivity index (χ1v) is 5.83. The van der Waals surface area contributed by atoms with Crippen molar-refractivity contribution in [2.75, 3.05) is 20.3 Å². The Morgan fingerprint density at radius 2 is 2.35 bits per heavy atom. The van der Waals surface area contributed by atoms with Crippen molar-refractivity contribution in [3.05, 3.63) is 29.3 Å². The number of hydrogen-bond donors (Lipinski definition) is 1. The molecular weight excluding hydrogens is 218 g/mol. The zero-order valence-electron chi connectivity index (χ0n) is 10.2. The van der Waals surface area contributed by atoms with Gasteiger partial charge in [0.25, 0.3) is 0 Å². The monoisotopic (exact) mass is 235 g/mol. The fraction of sp³-hybridized carbons (Fsp3) is 0.462. The van der Waals surface area contributed by atoms with Gasteiger partial charge in [-0.25, -0.2) is 4.79 Å². The fourth-order valence-electron chi connectivity index (χ4n) is 2.10. The minimum absolute atomic E-state index is 0.210. The van der Waals surface area contributed by atoms with E-state index in [1.165, 1.54) is 0 Å². The van der Waals surface area contributed by atoms with Gasteiger partial charge in [0, 0.05) is 6.54 Å². The zero-order valence-corrected chi connectivity index (χ0v) is 10.2. The molecule has 0 radical (unpaired) electrons. The molecule has 0 spiro atoms. The quantitative estimate of drug-likeness (QED) is 0.805. The average molecular weight is 235 g/mol. The molecule has 1 aromatic carbocycles. The third kappa shape index (κ3) is 2.42. The van der Waals surface area contributed by atoms with Crippen LogP contribution in [0.4, 0.5) is 0 Å². The van der Waals surface area contributed by atoms with Crippen molar-refractivity contribution in [2.24, 2.45) is 0 Å². The van der Waals surface area contributed by atoms with E-state index in [9.17, 15) is 4.79 Å². The van der Waals surface area contributed by atoms with Crippen molar-refractivity contribution >= 4 is 5.97 Å². The maximum absolute atomic E-state index is 11.8. The highest BCUT2D eigenvalue weighted by Crippen LogP contribution is 2.27. The Bertz CT molecular complexity index is 417. The maximum Gasteiger partial charge on any atom is 0.327 e. The van der Waals surface area contributed by atoms with E-state index in [-0.39, 0.29) is 12.0 Å². The van der Waals surface area contributed by atoms with Crippen LogP contribution in [0, 0.1) is 0 Å². The lowest BCUT2D eigenvalue weighted by Crippen LogP contribution is -2.36. The zero-order chi connectivity index (χ0) is 12.3. The number of fused-ring (bicyclic) bond motifs is 1. The van der Waals surface area contributed by atoms with Gasteiger partial charge in [0.15, 0.2) is 0 Å². The first-order chi connectivity index (χ1) is 8.26. The van der Waals surface area contributed by atoms with Crippen molar-refractivity contribution in [3.63, 3.8) is 0 Å². The van der Waals surface area contributed by atoms with E-state index in [4.69, 9.17) is 9.47 Å². The largest absolute Gasteiger partial charge is 0.497 e. The standard InChI is InChI=1S/C13H17NO3/c1-3-17-13(15)12-11-5-4-10(16-2)8-9(11)6-7-14-12/h4-5,8,12,14H,3,6-7H2,1-2H3/t12-/m1/s1. The summed E-state index contributed by atoms with van der Waals surface area (Å²) < 4.78 is 10.2. The number of carbonyl (C=O) groups is 1. The smallest absolute Gasteiger partial charge is 0.327 e. The van der Waals surface area contributed by atoms with Crippen molar-refractivity contribution in [1.82, 2.24) is 5.32 Å². The molecule has 1 aliphatic rings. The second kappa shape index (κ2) is 5.19. The summed E-state index contributed by atoms with van der Waals surface area (Å²) in [6.45, 7) is 3.00. The molecule has 0 aliphatic carbocycles. The first kappa shape index (κ1) is 11.9. The van der Waals surface area contributed by atoms with Crippen LogP contribution in [0.25, 0.3) is 0 Å². The Labute approximate surface area is 101 Å². The molecule has 1 aromatic rings. The van der Waals surface area contributed by atoms with Crippen LogP contribution in [-0.4, -0.2) is 26.2 Å². The number of nitrogens with one attached hydrogen (secondary N) is 1. The molecule has 92 valence electrons. The van der Waals surface area contributed by atoms with Gasteiger partial charge in [0.2, 0.25) is 0 Å². The summed E-state index contributed by atoms with van der Waals surface area (Å²) in [6, 6.07) is 5.45. The van der Waals surface area contributed by atoms with Crippen LogP contribution in [0.1, 0.15) is 24.1 Å². The molecule has 2 rings (SSSR count). The lowest BCUT2D eigenvalue weighted by atomic mass is 9.94. The molecule has 0 fully saturated rings. The highest BCUT2D eigenvalue weighted by molar-refractivity contribution is 5.78. The van der Waals surface area contributed by atoms with Gasteiger partial charge in [-0.1, -0.05) is 6.07 Å². The summed E-state index contributed by atoms with van der Waals surface area (Å²) in [5.41, 5.74) is 2.15. The first-order valence-electron chi connectivity index (χ1n) is 5.83. The van der Waals surface area contributed by atoms with E-state index in [0.29, 0.717) is 6.61 Å². The number of ether oxygens (including phenoxy) is 2. The Morgan fingerprint density at radius 3 is 3.06 bits per heavy atom. The van der Waals surface area contributed by atoms with E-state index in [1.54, 1.807) is 7.11 Å². The Balaban J connectivity index is 2.28. The number of rotatable bonds is 3. The lowest BCUT2D eigenvalue weighted by molar-refractivity contribution is -0.146. The van der Waals surface area contributed by atoms with Crippen molar-refractivity contribution in [3.8, 4) is 5.75 Å². The molecule has 0 unspecified atom stereocenters. The molecule has 1 atom stereocenters. The van der Waals surface area contributed by atoms with Crippen molar-refractivity contribution in [2.45, 2.75) is 19.4 Å². The highest BCUT2D eigenvalue weighted by atomic mass is 16.5. The summed E-state index contributed by atoms with van der Waals surface area (Å²) in [6.07, 6.45) is 0.905. The van der Waals surface area contributed by atoms with E-state index < -0.39 is 0 Å². The Morgan fingerprint density at radius 1 is 1.53 bits per heavy atom. The SMILES string of the molecule is CCOC(=O)[C@@H]1NCCc2cc(OC)ccc21. The number of carbonyl (C=O) groups excluding carboxylic acids is 1. The van der Waals surface area contributed by atoms with Gasteiger partial charge in [0.05, 0.1) is 13.7 Å². The lowest BCUT2D eigenvalue weighted by Gasteiger charge is -2.25. The molecule has 0 bridgehead atoms. The molecule has 1 N–H and O–H groups in total. The summed E-state index contributed by atoms with van der Waals surface area (Å²) in [7, 11) is 1.64. The van der Waals surface area contributed by atoms with Gasteiger partial charge in [-0.15, -0.1) is 0 Å². The summed E-state index contributed by atoms with van der Waals surface area (Å²) >= 11 is 0. The minimum Gasteiger partial charge on any atom is -0.497 e. The van der Waals surface area contributed by atoms with Crippen LogP contribution in [0.2, 0.25) is 0 Å². The number of methoxy groups -OCH3 is 1. The van der Waals surface area contributed by atoms with Gasteiger partial charge < -0.3 is 14.8 Å². The average Bonchev–Trinajstić information content (AvgIpc) is 2.37.